The molecular weight excluding hydrogens is 457 g/mol. The van der Waals surface area contributed by atoms with Gasteiger partial charge in [0.2, 0.25) is 0 Å². The molecule has 9 heteroatoms. The number of ether oxygens (including phenoxy) is 1. The van der Waals surface area contributed by atoms with E-state index in [2.05, 4.69) is 10.0 Å². The number of halogens is 1. The molecule has 0 atom stereocenters. The summed E-state index contributed by atoms with van der Waals surface area (Å²) in [6.45, 7) is 4.00. The lowest BCUT2D eigenvalue weighted by molar-refractivity contribution is 0.102. The zero-order valence-corrected chi connectivity index (χ0v) is 19.6. The minimum atomic E-state index is -3.79. The first-order valence-corrected chi connectivity index (χ1v) is 12.6. The van der Waals surface area contributed by atoms with Crippen LogP contribution in [-0.4, -0.2) is 34.0 Å². The van der Waals surface area contributed by atoms with Crippen LogP contribution in [0.25, 0.3) is 0 Å². The normalized spacial score (nSPS) is 13.5. The standard InChI is InChI=1S/C25H26FN3O4S/c1-2-33-21-10-12-22(13-11-21)34(31,32)28-19-7-5-18(6-8-19)25(30)27-20-9-14-24(23(26)17-20)29-15-3-4-16-29/h5-14,17,28H,2-4,15-16H2,1H3,(H,27,30). The summed E-state index contributed by atoms with van der Waals surface area (Å²) in [4.78, 5) is 14.7. The van der Waals surface area contributed by atoms with Crippen molar-refractivity contribution in [3.63, 3.8) is 0 Å². The van der Waals surface area contributed by atoms with E-state index in [1.807, 2.05) is 11.8 Å². The highest BCUT2D eigenvalue weighted by Crippen LogP contribution is 2.26. The molecule has 1 saturated heterocycles. The van der Waals surface area contributed by atoms with Gasteiger partial charge in [-0.1, -0.05) is 0 Å². The number of anilines is 3. The van der Waals surface area contributed by atoms with Crippen LogP contribution >= 0.6 is 0 Å². The molecule has 0 unspecified atom stereocenters. The molecule has 1 amide bonds. The van der Waals surface area contributed by atoms with Crippen molar-refractivity contribution < 1.29 is 22.3 Å². The quantitative estimate of drug-likeness (QED) is 0.477. The number of sulfonamides is 1. The van der Waals surface area contributed by atoms with Gasteiger partial charge in [-0.25, -0.2) is 12.8 Å². The molecule has 0 aliphatic carbocycles. The van der Waals surface area contributed by atoms with Crippen LogP contribution in [0.3, 0.4) is 0 Å². The average Bonchev–Trinajstić information content (AvgIpc) is 3.35. The van der Waals surface area contributed by atoms with Gasteiger partial charge >= 0.3 is 0 Å². The number of carbonyl (C=O) groups excluding carboxylic acids is 1. The zero-order valence-electron chi connectivity index (χ0n) is 18.8. The van der Waals surface area contributed by atoms with E-state index in [9.17, 15) is 17.6 Å². The molecule has 2 N–H and O–H groups in total. The Morgan fingerprint density at radius 1 is 0.971 bits per heavy atom. The maximum Gasteiger partial charge on any atom is 0.261 e. The Balaban J connectivity index is 1.40. The maximum absolute atomic E-state index is 14.5. The molecule has 0 radical (unpaired) electrons. The van der Waals surface area contributed by atoms with Crippen molar-refractivity contribution in [1.29, 1.82) is 0 Å². The van der Waals surface area contributed by atoms with Crippen LogP contribution in [0.1, 0.15) is 30.1 Å². The van der Waals surface area contributed by atoms with Crippen LogP contribution in [0.2, 0.25) is 0 Å². The summed E-state index contributed by atoms with van der Waals surface area (Å²) in [5.41, 5.74) is 1.52. The second-order valence-corrected chi connectivity index (χ2v) is 9.58. The molecule has 34 heavy (non-hydrogen) atoms. The summed E-state index contributed by atoms with van der Waals surface area (Å²) in [6, 6.07) is 16.8. The molecule has 0 spiro atoms. The molecule has 4 rings (SSSR count). The number of nitrogens with zero attached hydrogens (tertiary/aromatic N) is 1. The van der Waals surface area contributed by atoms with Crippen molar-refractivity contribution in [1.82, 2.24) is 0 Å². The fourth-order valence-electron chi connectivity index (χ4n) is 3.79. The van der Waals surface area contributed by atoms with E-state index in [1.165, 1.54) is 42.5 Å². The molecule has 3 aromatic carbocycles. The van der Waals surface area contributed by atoms with E-state index in [1.54, 1.807) is 24.3 Å². The van der Waals surface area contributed by atoms with Crippen molar-refractivity contribution in [3.05, 3.63) is 78.1 Å². The Morgan fingerprint density at radius 3 is 2.24 bits per heavy atom. The minimum absolute atomic E-state index is 0.0946. The smallest absolute Gasteiger partial charge is 0.261 e. The average molecular weight is 484 g/mol. The third-order valence-corrected chi connectivity index (χ3v) is 6.89. The van der Waals surface area contributed by atoms with E-state index in [-0.39, 0.29) is 10.7 Å². The highest BCUT2D eigenvalue weighted by Gasteiger charge is 2.17. The van der Waals surface area contributed by atoms with E-state index < -0.39 is 15.9 Å². The molecule has 7 nitrogen and oxygen atoms in total. The van der Waals surface area contributed by atoms with E-state index in [0.29, 0.717) is 35.0 Å². The fraction of sp³-hybridized carbons (Fsp3) is 0.240. The maximum atomic E-state index is 14.5. The number of carbonyl (C=O) groups is 1. The molecule has 0 bridgehead atoms. The molecule has 178 valence electrons. The number of hydrogen-bond acceptors (Lipinski definition) is 5. The van der Waals surface area contributed by atoms with E-state index in [0.717, 1.165) is 25.9 Å². The van der Waals surface area contributed by atoms with Crippen LogP contribution < -0.4 is 19.7 Å². The second kappa shape index (κ2) is 10.1. The van der Waals surface area contributed by atoms with Crippen molar-refractivity contribution in [2.45, 2.75) is 24.7 Å². The summed E-state index contributed by atoms with van der Waals surface area (Å²) in [6.07, 6.45) is 2.09. The Morgan fingerprint density at radius 2 is 1.62 bits per heavy atom. The monoisotopic (exact) mass is 483 g/mol. The van der Waals surface area contributed by atoms with Gasteiger partial charge in [0, 0.05) is 30.0 Å². The number of hydrogen-bond donors (Lipinski definition) is 2. The summed E-state index contributed by atoms with van der Waals surface area (Å²) < 4.78 is 47.5. The molecule has 1 fully saturated rings. The largest absolute Gasteiger partial charge is 0.494 e. The van der Waals surface area contributed by atoms with Gasteiger partial charge in [-0.3, -0.25) is 9.52 Å². The fourth-order valence-corrected chi connectivity index (χ4v) is 4.85. The number of nitrogens with one attached hydrogen (secondary N) is 2. The Labute approximate surface area is 198 Å². The number of amides is 1. The van der Waals surface area contributed by atoms with Gasteiger partial charge in [0.1, 0.15) is 11.6 Å². The molecule has 0 aromatic heterocycles. The number of rotatable bonds is 8. The third-order valence-electron chi connectivity index (χ3n) is 5.50. The molecule has 1 aliphatic rings. The highest BCUT2D eigenvalue weighted by molar-refractivity contribution is 7.92. The lowest BCUT2D eigenvalue weighted by atomic mass is 10.2. The first-order valence-electron chi connectivity index (χ1n) is 11.1. The lowest BCUT2D eigenvalue weighted by Crippen LogP contribution is -2.19. The molecular formula is C25H26FN3O4S. The summed E-state index contributed by atoms with van der Waals surface area (Å²) in [7, 11) is -3.79. The van der Waals surface area contributed by atoms with Gasteiger partial charge in [0.25, 0.3) is 15.9 Å². The van der Waals surface area contributed by atoms with Crippen LogP contribution in [0.15, 0.2) is 71.6 Å². The first kappa shape index (κ1) is 23.6. The van der Waals surface area contributed by atoms with E-state index in [4.69, 9.17) is 4.74 Å². The molecule has 1 aliphatic heterocycles. The van der Waals surface area contributed by atoms with Gasteiger partial charge in [-0.15, -0.1) is 0 Å². The van der Waals surface area contributed by atoms with Gasteiger partial charge < -0.3 is 15.0 Å². The molecule has 0 saturated carbocycles. The van der Waals surface area contributed by atoms with Crippen LogP contribution in [0, 0.1) is 5.82 Å². The molecule has 3 aromatic rings. The molecule has 1 heterocycles. The number of benzene rings is 3. The zero-order chi connectivity index (χ0) is 24.1. The minimum Gasteiger partial charge on any atom is -0.494 e. The van der Waals surface area contributed by atoms with Crippen molar-refractivity contribution in [2.24, 2.45) is 0 Å². The highest BCUT2D eigenvalue weighted by atomic mass is 32.2. The summed E-state index contributed by atoms with van der Waals surface area (Å²) >= 11 is 0. The van der Waals surface area contributed by atoms with Crippen LogP contribution in [-0.2, 0) is 10.0 Å². The van der Waals surface area contributed by atoms with Crippen molar-refractivity contribution in [3.8, 4) is 5.75 Å². The van der Waals surface area contributed by atoms with Crippen LogP contribution in [0.4, 0.5) is 21.5 Å². The van der Waals surface area contributed by atoms with Gasteiger partial charge in [-0.2, -0.15) is 0 Å². The van der Waals surface area contributed by atoms with Gasteiger partial charge in [-0.05, 0) is 86.5 Å². The van der Waals surface area contributed by atoms with Gasteiger partial charge in [0.15, 0.2) is 0 Å². The summed E-state index contributed by atoms with van der Waals surface area (Å²) in [5, 5.41) is 2.68. The SMILES string of the molecule is CCOc1ccc(S(=O)(=O)Nc2ccc(C(=O)Nc3ccc(N4CCCC4)c(F)c3)cc2)cc1. The lowest BCUT2D eigenvalue weighted by Gasteiger charge is -2.18. The second-order valence-electron chi connectivity index (χ2n) is 7.90. The van der Waals surface area contributed by atoms with Crippen molar-refractivity contribution in [2.75, 3.05) is 34.6 Å². The Bertz CT molecular complexity index is 1260. The predicted octanol–water partition coefficient (Wildman–Crippen LogP) is 4.88. The third kappa shape index (κ3) is 5.48. The Hall–Kier alpha value is -3.59. The topological polar surface area (TPSA) is 87.7 Å². The first-order chi connectivity index (χ1) is 16.4. The van der Waals surface area contributed by atoms with Gasteiger partial charge in [0.05, 0.1) is 17.2 Å². The predicted molar refractivity (Wildman–Crippen MR) is 131 cm³/mol. The van der Waals surface area contributed by atoms with Crippen LogP contribution in [0.5, 0.6) is 5.75 Å². The summed E-state index contributed by atoms with van der Waals surface area (Å²) in [5.74, 6) is -0.213. The van der Waals surface area contributed by atoms with E-state index >= 15 is 0 Å². The Kier molecular flexibility index (Phi) is 7.02. The van der Waals surface area contributed by atoms with Crippen molar-refractivity contribution >= 4 is 33.0 Å².